The SMILES string of the molecule is CC.CC.SS.c1ccc(-c2ccc3c4c5sc6ccccc6c5ccc4n(-c4cc(-c5cccc(-c6nc(-c7ccccc7)nc(-c7ccccc7)n6)c5)c5sc6ccccc6c5c4)c3c2)cc1. The van der Waals surface area contributed by atoms with Crippen molar-refractivity contribution < 1.29 is 0 Å². The van der Waals surface area contributed by atoms with Gasteiger partial charge in [0.1, 0.15) is 0 Å². The third kappa shape index (κ3) is 8.38. The number of benzene rings is 9. The number of aromatic nitrogens is 4. The topological polar surface area (TPSA) is 43.6 Å². The quantitative estimate of drug-likeness (QED) is 0.129. The molecule has 13 aromatic rings. The molecule has 9 aromatic carbocycles. The molecule has 4 heterocycles. The lowest BCUT2D eigenvalue weighted by atomic mass is 9.99. The molecule has 0 fully saturated rings. The Morgan fingerprint density at radius 3 is 1.46 bits per heavy atom. The van der Waals surface area contributed by atoms with E-state index in [0.29, 0.717) is 17.5 Å². The van der Waals surface area contributed by atoms with Crippen molar-refractivity contribution >= 4 is 108 Å². The number of fused-ring (bicyclic) bond motifs is 10. The monoisotopic (exact) mass is 964 g/mol. The second kappa shape index (κ2) is 20.3. The standard InChI is InChI=1S/C57H34N4S2.2C2H6.H2S2/c1-4-15-35(16-5-1)38-27-28-45-49(32-38)61(48-30-29-44-42-23-10-12-25-50(42)63-54(44)52(45)48)41-33-46(53-47(34-41)43-24-11-13-26-51(43)62-53)39-21-14-22-40(31-39)57-59-55(36-17-6-2-7-18-36)58-56(60-57)37-19-8-3-9-20-37;3*1-2/h1-34H;2*1-2H3;1-2H. The summed E-state index contributed by atoms with van der Waals surface area (Å²) in [7, 11) is 0. The highest BCUT2D eigenvalue weighted by Crippen LogP contribution is 2.47. The Labute approximate surface area is 420 Å². The van der Waals surface area contributed by atoms with Crippen molar-refractivity contribution in [2.75, 3.05) is 0 Å². The maximum atomic E-state index is 5.11. The second-order valence-electron chi connectivity index (χ2n) is 16.0. The molecule has 0 bridgehead atoms. The van der Waals surface area contributed by atoms with E-state index >= 15 is 0 Å². The zero-order valence-electron chi connectivity index (χ0n) is 38.6. The maximum Gasteiger partial charge on any atom is 0.164 e. The molecule has 336 valence electrons. The van der Waals surface area contributed by atoms with E-state index in [0.717, 1.165) is 27.9 Å². The highest BCUT2D eigenvalue weighted by Gasteiger charge is 2.22. The van der Waals surface area contributed by atoms with Crippen molar-refractivity contribution in [1.29, 1.82) is 0 Å². The summed E-state index contributed by atoms with van der Waals surface area (Å²) in [6.07, 6.45) is 0. The Morgan fingerprint density at radius 2 is 0.841 bits per heavy atom. The molecule has 0 aliphatic carbocycles. The van der Waals surface area contributed by atoms with E-state index in [1.807, 2.05) is 86.8 Å². The molecule has 0 unspecified atom stereocenters. The van der Waals surface area contributed by atoms with Gasteiger partial charge in [0.25, 0.3) is 0 Å². The van der Waals surface area contributed by atoms with Crippen LogP contribution in [0.5, 0.6) is 0 Å². The average Bonchev–Trinajstić information content (AvgIpc) is 4.12. The first-order valence-electron chi connectivity index (χ1n) is 23.3. The molecular formula is C61H48N4S4. The molecule has 13 rings (SSSR count). The van der Waals surface area contributed by atoms with E-state index in [-0.39, 0.29) is 0 Å². The van der Waals surface area contributed by atoms with Crippen molar-refractivity contribution in [2.45, 2.75) is 27.7 Å². The van der Waals surface area contributed by atoms with Gasteiger partial charge in [-0.3, -0.25) is 0 Å². The van der Waals surface area contributed by atoms with Crippen LogP contribution in [0.4, 0.5) is 0 Å². The number of rotatable bonds is 6. The van der Waals surface area contributed by atoms with Crippen LogP contribution in [-0.4, -0.2) is 19.5 Å². The van der Waals surface area contributed by atoms with Crippen LogP contribution in [0.15, 0.2) is 206 Å². The minimum atomic E-state index is 0.636. The number of hydrogen-bond acceptors (Lipinski definition) is 7. The molecule has 69 heavy (non-hydrogen) atoms. The minimum Gasteiger partial charge on any atom is -0.309 e. The molecule has 8 heteroatoms. The van der Waals surface area contributed by atoms with Crippen LogP contribution >= 0.6 is 46.0 Å². The maximum absolute atomic E-state index is 5.11. The fraction of sp³-hybridized carbons (Fsp3) is 0.0656. The van der Waals surface area contributed by atoms with Crippen LogP contribution in [0.25, 0.3) is 124 Å². The van der Waals surface area contributed by atoms with Gasteiger partial charge in [-0.15, -0.1) is 46.0 Å². The summed E-state index contributed by atoms with van der Waals surface area (Å²) in [5.41, 5.74) is 11.0. The molecule has 0 saturated heterocycles. The molecule has 0 aliphatic heterocycles. The van der Waals surface area contributed by atoms with Gasteiger partial charge in [0.2, 0.25) is 0 Å². The van der Waals surface area contributed by atoms with Gasteiger partial charge in [-0.05, 0) is 59.2 Å². The molecule has 0 amide bonds. The molecule has 4 nitrogen and oxygen atoms in total. The molecule has 0 radical (unpaired) electrons. The van der Waals surface area contributed by atoms with Gasteiger partial charge in [-0.1, -0.05) is 191 Å². The first kappa shape index (κ1) is 45.7. The van der Waals surface area contributed by atoms with Gasteiger partial charge in [0, 0.05) is 79.1 Å². The van der Waals surface area contributed by atoms with Gasteiger partial charge >= 0.3 is 0 Å². The smallest absolute Gasteiger partial charge is 0.164 e. The van der Waals surface area contributed by atoms with E-state index in [1.165, 1.54) is 78.8 Å². The van der Waals surface area contributed by atoms with Crippen LogP contribution in [0.3, 0.4) is 0 Å². The number of nitrogens with zero attached hydrogens (tertiary/aromatic N) is 4. The van der Waals surface area contributed by atoms with E-state index in [9.17, 15) is 0 Å². The zero-order valence-corrected chi connectivity index (χ0v) is 42.1. The summed E-state index contributed by atoms with van der Waals surface area (Å²) < 4.78 is 7.65. The Hall–Kier alpha value is -7.07. The largest absolute Gasteiger partial charge is 0.309 e. The van der Waals surface area contributed by atoms with E-state index in [2.05, 4.69) is 198 Å². The highest BCUT2D eigenvalue weighted by molar-refractivity contribution is 8.59. The van der Waals surface area contributed by atoms with Crippen molar-refractivity contribution in [3.8, 4) is 62.1 Å². The fourth-order valence-electron chi connectivity index (χ4n) is 9.29. The minimum absolute atomic E-state index is 0.636. The van der Waals surface area contributed by atoms with E-state index < -0.39 is 0 Å². The number of thiophene rings is 2. The predicted octanol–water partition coefficient (Wildman–Crippen LogP) is 18.9. The van der Waals surface area contributed by atoms with Crippen LogP contribution in [-0.2, 0) is 0 Å². The number of thiol groups is 2. The lowest BCUT2D eigenvalue weighted by Crippen LogP contribution is -2.00. The van der Waals surface area contributed by atoms with Crippen molar-refractivity contribution in [3.63, 3.8) is 0 Å². The molecule has 4 aromatic heterocycles. The summed E-state index contributed by atoms with van der Waals surface area (Å²) >= 11 is 10.2. The van der Waals surface area contributed by atoms with Gasteiger partial charge in [0.05, 0.1) is 11.0 Å². The molecule has 0 spiro atoms. The van der Waals surface area contributed by atoms with Crippen LogP contribution in [0.2, 0.25) is 0 Å². The van der Waals surface area contributed by atoms with Gasteiger partial charge in [-0.25, -0.2) is 15.0 Å². The normalized spacial score (nSPS) is 11.0. The third-order valence-corrected chi connectivity index (χ3v) is 14.7. The molecule has 0 aliphatic rings. The van der Waals surface area contributed by atoms with Crippen LogP contribution in [0.1, 0.15) is 27.7 Å². The van der Waals surface area contributed by atoms with Gasteiger partial charge in [0.15, 0.2) is 17.5 Å². The molecule has 0 atom stereocenters. The Balaban J connectivity index is 0.000000890. The third-order valence-electron chi connectivity index (χ3n) is 12.2. The Morgan fingerprint density at radius 1 is 0.348 bits per heavy atom. The average molecular weight is 965 g/mol. The summed E-state index contributed by atoms with van der Waals surface area (Å²) in [5.74, 6) is 1.93. The molecule has 0 saturated carbocycles. The molecular weight excluding hydrogens is 917 g/mol. The second-order valence-corrected chi connectivity index (χ2v) is 18.1. The lowest BCUT2D eigenvalue weighted by molar-refractivity contribution is 1.07. The summed E-state index contributed by atoms with van der Waals surface area (Å²) in [5, 5.41) is 7.64. The number of hydrogen-bond donors (Lipinski definition) is 2. The van der Waals surface area contributed by atoms with Gasteiger partial charge in [-0.2, -0.15) is 0 Å². The summed E-state index contributed by atoms with van der Waals surface area (Å²) in [6, 6.07) is 73.9. The lowest BCUT2D eigenvalue weighted by Gasteiger charge is -2.14. The van der Waals surface area contributed by atoms with Crippen LogP contribution < -0.4 is 0 Å². The van der Waals surface area contributed by atoms with Crippen molar-refractivity contribution in [2.24, 2.45) is 0 Å². The fourth-order valence-corrected chi connectivity index (χ4v) is 11.8. The van der Waals surface area contributed by atoms with E-state index in [1.54, 1.807) is 0 Å². The highest BCUT2D eigenvalue weighted by atomic mass is 33.1. The first-order valence-corrected chi connectivity index (χ1v) is 26.5. The van der Waals surface area contributed by atoms with E-state index in [4.69, 9.17) is 15.0 Å². The van der Waals surface area contributed by atoms with Crippen LogP contribution in [0, 0.1) is 0 Å². The zero-order chi connectivity index (χ0) is 47.4. The Bertz CT molecular complexity index is 3860. The first-order chi connectivity index (χ1) is 34.2. The molecule has 0 N–H and O–H groups in total. The van der Waals surface area contributed by atoms with Crippen molar-refractivity contribution in [1.82, 2.24) is 19.5 Å². The van der Waals surface area contributed by atoms with Crippen molar-refractivity contribution in [3.05, 3.63) is 206 Å². The predicted molar refractivity (Wildman–Crippen MR) is 308 cm³/mol. The van der Waals surface area contributed by atoms with Gasteiger partial charge < -0.3 is 4.57 Å². The Kier molecular flexibility index (Phi) is 13.4. The summed E-state index contributed by atoms with van der Waals surface area (Å²) in [4.78, 5) is 15.2. The summed E-state index contributed by atoms with van der Waals surface area (Å²) in [6.45, 7) is 8.00.